The maximum atomic E-state index is 12.5. The van der Waals surface area contributed by atoms with E-state index in [1.807, 2.05) is 24.9 Å². The van der Waals surface area contributed by atoms with Crippen LogP contribution in [-0.2, 0) is 25.0 Å². The van der Waals surface area contributed by atoms with Crippen LogP contribution in [0.25, 0.3) is 0 Å². The van der Waals surface area contributed by atoms with E-state index in [0.717, 1.165) is 5.56 Å². The highest BCUT2D eigenvalue weighted by Gasteiger charge is 2.14. The topological polar surface area (TPSA) is 60.3 Å². The van der Waals surface area contributed by atoms with Gasteiger partial charge >= 0.3 is 0 Å². The third kappa shape index (κ3) is 6.17. The van der Waals surface area contributed by atoms with Crippen LogP contribution in [0.15, 0.2) is 58.6 Å². The van der Waals surface area contributed by atoms with Crippen molar-refractivity contribution in [2.75, 3.05) is 19.1 Å². The number of carbonyl (C=O) groups excluding carboxylic acids is 1. The van der Waals surface area contributed by atoms with E-state index in [0.29, 0.717) is 34.1 Å². The van der Waals surface area contributed by atoms with Gasteiger partial charge in [-0.25, -0.2) is 0 Å². The molecule has 1 amide bonds. The number of ether oxygens (including phenoxy) is 1. The van der Waals surface area contributed by atoms with Crippen molar-refractivity contribution in [1.29, 1.82) is 0 Å². The van der Waals surface area contributed by atoms with Gasteiger partial charge in [0.15, 0.2) is 11.0 Å². The third-order valence-corrected chi connectivity index (χ3v) is 6.44. The molecule has 3 rings (SSSR count). The number of hydrogen-bond acceptors (Lipinski definition) is 6. The minimum atomic E-state index is 0.0379. The molecule has 0 bridgehead atoms. The maximum absolute atomic E-state index is 12.5. The monoisotopic (exact) mass is 462 g/mol. The molecule has 0 N–H and O–H groups in total. The fourth-order valence-electron chi connectivity index (χ4n) is 2.60. The number of nitrogens with zero attached hydrogens (tertiary/aromatic N) is 4. The Morgan fingerprint density at radius 2 is 1.83 bits per heavy atom. The molecule has 3 aromatic rings. The van der Waals surface area contributed by atoms with Crippen LogP contribution in [0.2, 0.25) is 5.02 Å². The minimum Gasteiger partial charge on any atom is -0.486 e. The Balaban J connectivity index is 1.49. The van der Waals surface area contributed by atoms with Crippen LogP contribution < -0.4 is 4.74 Å². The molecule has 9 heteroatoms. The molecule has 1 heterocycles. The summed E-state index contributed by atoms with van der Waals surface area (Å²) in [6, 6.07) is 15.4. The number of thioether (sulfide) groups is 2. The van der Waals surface area contributed by atoms with Crippen molar-refractivity contribution in [3.8, 4) is 5.75 Å². The summed E-state index contributed by atoms with van der Waals surface area (Å²) in [5.41, 5.74) is 1.11. The van der Waals surface area contributed by atoms with Crippen molar-refractivity contribution < 1.29 is 9.53 Å². The second-order valence-electron chi connectivity index (χ2n) is 6.59. The molecular weight excluding hydrogens is 440 g/mol. The van der Waals surface area contributed by atoms with Gasteiger partial charge in [0.1, 0.15) is 12.4 Å². The van der Waals surface area contributed by atoms with E-state index in [2.05, 4.69) is 34.5 Å². The normalized spacial score (nSPS) is 10.8. The highest BCUT2D eigenvalue weighted by atomic mass is 35.5. The van der Waals surface area contributed by atoms with E-state index in [1.165, 1.54) is 16.7 Å². The van der Waals surface area contributed by atoms with Crippen LogP contribution in [0.5, 0.6) is 5.75 Å². The quantitative estimate of drug-likeness (QED) is 0.436. The Morgan fingerprint density at radius 1 is 1.13 bits per heavy atom. The lowest BCUT2D eigenvalue weighted by Gasteiger charge is -2.17. The van der Waals surface area contributed by atoms with E-state index in [-0.39, 0.29) is 12.5 Å². The molecule has 0 aliphatic rings. The minimum absolute atomic E-state index is 0.0379. The molecule has 0 unspecified atom stereocenters. The summed E-state index contributed by atoms with van der Waals surface area (Å²) in [5.74, 6) is 1.72. The summed E-state index contributed by atoms with van der Waals surface area (Å²) in [7, 11) is 3.68. The highest BCUT2D eigenvalue weighted by molar-refractivity contribution is 7.99. The SMILES string of the molecule is CSc1ccc(CN(C)C(=O)CSc2nnc(COc3ccc(Cl)cc3)n2C)cc1. The molecule has 1 aromatic heterocycles. The Hall–Kier alpha value is -2.16. The Kier molecular flexibility index (Phi) is 8.07. The van der Waals surface area contributed by atoms with Gasteiger partial charge in [-0.3, -0.25) is 4.79 Å². The second kappa shape index (κ2) is 10.7. The molecule has 0 spiro atoms. The van der Waals surface area contributed by atoms with Gasteiger partial charge in [0, 0.05) is 30.6 Å². The van der Waals surface area contributed by atoms with Crippen molar-refractivity contribution >= 4 is 41.0 Å². The Morgan fingerprint density at radius 3 is 2.50 bits per heavy atom. The van der Waals surface area contributed by atoms with E-state index in [9.17, 15) is 4.79 Å². The zero-order valence-electron chi connectivity index (χ0n) is 17.0. The first kappa shape index (κ1) is 22.5. The summed E-state index contributed by atoms with van der Waals surface area (Å²) in [4.78, 5) is 15.4. The predicted octanol–water partition coefficient (Wildman–Crippen LogP) is 4.52. The summed E-state index contributed by atoms with van der Waals surface area (Å²) < 4.78 is 7.56. The maximum Gasteiger partial charge on any atom is 0.233 e. The fourth-order valence-corrected chi connectivity index (χ4v) is 4.01. The van der Waals surface area contributed by atoms with Crippen molar-refractivity contribution in [2.24, 2.45) is 7.05 Å². The highest BCUT2D eigenvalue weighted by Crippen LogP contribution is 2.20. The molecule has 0 fully saturated rings. The van der Waals surface area contributed by atoms with Crippen LogP contribution in [0.3, 0.4) is 0 Å². The van der Waals surface area contributed by atoms with Gasteiger partial charge in [-0.15, -0.1) is 22.0 Å². The van der Waals surface area contributed by atoms with Crippen LogP contribution in [0, 0.1) is 0 Å². The molecule has 0 atom stereocenters. The van der Waals surface area contributed by atoms with Gasteiger partial charge in [-0.05, 0) is 48.2 Å². The van der Waals surface area contributed by atoms with Crippen LogP contribution in [-0.4, -0.2) is 44.6 Å². The smallest absolute Gasteiger partial charge is 0.233 e. The number of rotatable bonds is 9. The van der Waals surface area contributed by atoms with Crippen LogP contribution in [0.4, 0.5) is 0 Å². The molecule has 0 aliphatic heterocycles. The van der Waals surface area contributed by atoms with E-state index in [4.69, 9.17) is 16.3 Å². The summed E-state index contributed by atoms with van der Waals surface area (Å²) in [5, 5.41) is 9.68. The van der Waals surface area contributed by atoms with Gasteiger partial charge in [-0.1, -0.05) is 35.5 Å². The largest absolute Gasteiger partial charge is 0.486 e. The van der Waals surface area contributed by atoms with Crippen molar-refractivity contribution in [1.82, 2.24) is 19.7 Å². The number of amides is 1. The lowest BCUT2D eigenvalue weighted by Crippen LogP contribution is -2.27. The van der Waals surface area contributed by atoms with Crippen molar-refractivity contribution in [2.45, 2.75) is 23.2 Å². The summed E-state index contributed by atoms with van der Waals surface area (Å²) >= 11 is 8.95. The van der Waals surface area contributed by atoms with Gasteiger partial charge in [0.2, 0.25) is 5.91 Å². The molecule has 158 valence electrons. The molecule has 30 heavy (non-hydrogen) atoms. The average Bonchev–Trinajstić information content (AvgIpc) is 3.11. The first-order valence-electron chi connectivity index (χ1n) is 9.22. The molecule has 0 radical (unpaired) electrons. The van der Waals surface area contributed by atoms with Crippen LogP contribution in [0.1, 0.15) is 11.4 Å². The van der Waals surface area contributed by atoms with Gasteiger partial charge < -0.3 is 14.2 Å². The lowest BCUT2D eigenvalue weighted by atomic mass is 10.2. The number of aromatic nitrogens is 3. The third-order valence-electron chi connectivity index (χ3n) is 4.44. The van der Waals surface area contributed by atoms with Crippen LogP contribution >= 0.6 is 35.1 Å². The first-order chi connectivity index (χ1) is 14.5. The molecule has 6 nitrogen and oxygen atoms in total. The van der Waals surface area contributed by atoms with Crippen molar-refractivity contribution in [3.05, 3.63) is 64.9 Å². The summed E-state index contributed by atoms with van der Waals surface area (Å²) in [6.45, 7) is 0.860. The molecule has 2 aromatic carbocycles. The fraction of sp³-hybridized carbons (Fsp3) is 0.286. The summed E-state index contributed by atoms with van der Waals surface area (Å²) in [6.07, 6.45) is 2.05. The molecule has 0 saturated heterocycles. The van der Waals surface area contributed by atoms with Crippen molar-refractivity contribution in [3.63, 3.8) is 0 Å². The van der Waals surface area contributed by atoms with Gasteiger partial charge in [-0.2, -0.15) is 0 Å². The molecule has 0 aliphatic carbocycles. The lowest BCUT2D eigenvalue weighted by molar-refractivity contribution is -0.127. The number of carbonyl (C=O) groups is 1. The zero-order valence-corrected chi connectivity index (χ0v) is 19.4. The number of halogens is 1. The molecular formula is C21H23ClN4O2S2. The van der Waals surface area contributed by atoms with E-state index >= 15 is 0 Å². The Bertz CT molecular complexity index is 978. The number of benzene rings is 2. The second-order valence-corrected chi connectivity index (χ2v) is 8.85. The molecule has 0 saturated carbocycles. The first-order valence-corrected chi connectivity index (χ1v) is 11.8. The van der Waals surface area contributed by atoms with E-state index < -0.39 is 0 Å². The Labute approximate surface area is 190 Å². The zero-order chi connectivity index (χ0) is 21.5. The van der Waals surface area contributed by atoms with Gasteiger partial charge in [0.25, 0.3) is 0 Å². The number of hydrogen-bond donors (Lipinski definition) is 0. The van der Waals surface area contributed by atoms with Gasteiger partial charge in [0.05, 0.1) is 5.75 Å². The average molecular weight is 463 g/mol. The van der Waals surface area contributed by atoms with E-state index in [1.54, 1.807) is 40.9 Å². The predicted molar refractivity (Wildman–Crippen MR) is 122 cm³/mol. The standard InChI is InChI=1S/C21H23ClN4O2S2/c1-25(12-15-4-10-18(29-3)11-5-15)20(27)14-30-21-24-23-19(26(21)2)13-28-17-8-6-16(22)7-9-17/h4-11H,12-14H2,1-3H3.